The molecule has 2 aromatic carbocycles. The summed E-state index contributed by atoms with van der Waals surface area (Å²) in [6.07, 6.45) is -0.699. The van der Waals surface area contributed by atoms with Crippen LogP contribution in [0.15, 0.2) is 59.0 Å². The first-order valence-corrected chi connectivity index (χ1v) is 7.02. The Morgan fingerprint density at radius 1 is 1.13 bits per heavy atom. The summed E-state index contributed by atoms with van der Waals surface area (Å²) < 4.78 is 10.8. The number of phenolic OH excluding ortho intramolecular Hbond substituents is 1. The lowest BCUT2D eigenvalue weighted by molar-refractivity contribution is 0.0279. The Hall–Kier alpha value is -3.15. The number of phenols is 1. The van der Waals surface area contributed by atoms with E-state index >= 15 is 0 Å². The van der Waals surface area contributed by atoms with Crippen molar-refractivity contribution in [2.24, 2.45) is 0 Å². The standard InChI is InChI=1S/C17H14N2O4/c1-11(22-17(21)13-8-5-9-14(20)10-13)15-18-19-16(23-15)12-6-3-2-4-7-12/h2-11,20H,1H3. The highest BCUT2D eigenvalue weighted by Gasteiger charge is 2.20. The first-order valence-electron chi connectivity index (χ1n) is 7.02. The number of aromatic nitrogens is 2. The molecule has 6 heteroatoms. The topological polar surface area (TPSA) is 85.5 Å². The molecule has 1 unspecified atom stereocenters. The number of benzene rings is 2. The average molecular weight is 310 g/mol. The van der Waals surface area contributed by atoms with Gasteiger partial charge in [0.25, 0.3) is 5.89 Å². The van der Waals surface area contributed by atoms with Crippen LogP contribution >= 0.6 is 0 Å². The monoisotopic (exact) mass is 310 g/mol. The van der Waals surface area contributed by atoms with Gasteiger partial charge in [0.05, 0.1) is 5.56 Å². The lowest BCUT2D eigenvalue weighted by atomic mass is 10.2. The van der Waals surface area contributed by atoms with E-state index in [1.54, 1.807) is 19.1 Å². The third kappa shape index (κ3) is 3.37. The molecule has 3 rings (SSSR count). The van der Waals surface area contributed by atoms with Crippen LogP contribution in [0.4, 0.5) is 0 Å². The minimum absolute atomic E-state index is 0.00347. The van der Waals surface area contributed by atoms with Crippen LogP contribution in [0.2, 0.25) is 0 Å². The van der Waals surface area contributed by atoms with Crippen LogP contribution in [0.25, 0.3) is 11.5 Å². The molecule has 1 aromatic heterocycles. The number of carbonyl (C=O) groups is 1. The van der Waals surface area contributed by atoms with Gasteiger partial charge in [-0.3, -0.25) is 0 Å². The normalized spacial score (nSPS) is 11.9. The summed E-state index contributed by atoms with van der Waals surface area (Å²) in [7, 11) is 0. The Kier molecular flexibility index (Phi) is 4.05. The van der Waals surface area contributed by atoms with E-state index in [-0.39, 0.29) is 17.2 Å². The molecule has 0 fully saturated rings. The van der Waals surface area contributed by atoms with Crippen molar-refractivity contribution in [3.05, 3.63) is 66.1 Å². The number of nitrogens with zero attached hydrogens (tertiary/aromatic N) is 2. The number of hydrogen-bond acceptors (Lipinski definition) is 6. The van der Waals surface area contributed by atoms with Crippen molar-refractivity contribution in [3.8, 4) is 17.2 Å². The second-order valence-corrected chi connectivity index (χ2v) is 4.91. The summed E-state index contributed by atoms with van der Waals surface area (Å²) in [6.45, 7) is 1.64. The van der Waals surface area contributed by atoms with Crippen molar-refractivity contribution in [1.29, 1.82) is 0 Å². The summed E-state index contributed by atoms with van der Waals surface area (Å²) in [5.74, 6) is -0.0117. The van der Waals surface area contributed by atoms with Crippen LogP contribution in [0.5, 0.6) is 5.75 Å². The summed E-state index contributed by atoms with van der Waals surface area (Å²) in [6, 6.07) is 15.2. The van der Waals surface area contributed by atoms with Crippen molar-refractivity contribution < 1.29 is 19.1 Å². The zero-order valence-electron chi connectivity index (χ0n) is 12.3. The van der Waals surface area contributed by atoms with E-state index in [9.17, 15) is 9.90 Å². The second kappa shape index (κ2) is 6.31. The fourth-order valence-electron chi connectivity index (χ4n) is 2.01. The van der Waals surface area contributed by atoms with Crippen LogP contribution in [0, 0.1) is 0 Å². The number of aromatic hydroxyl groups is 1. The van der Waals surface area contributed by atoms with Crippen LogP contribution in [0.3, 0.4) is 0 Å². The van der Waals surface area contributed by atoms with E-state index in [2.05, 4.69) is 10.2 Å². The molecule has 0 radical (unpaired) electrons. The van der Waals surface area contributed by atoms with Gasteiger partial charge < -0.3 is 14.3 Å². The minimum atomic E-state index is -0.699. The van der Waals surface area contributed by atoms with Gasteiger partial charge in [-0.15, -0.1) is 10.2 Å². The molecule has 0 aliphatic heterocycles. The fraction of sp³-hybridized carbons (Fsp3) is 0.118. The third-order valence-corrected chi connectivity index (χ3v) is 3.17. The van der Waals surface area contributed by atoms with Gasteiger partial charge in [-0.05, 0) is 37.3 Å². The smallest absolute Gasteiger partial charge is 0.339 e. The predicted molar refractivity (Wildman–Crippen MR) is 81.7 cm³/mol. The van der Waals surface area contributed by atoms with Crippen molar-refractivity contribution in [2.45, 2.75) is 13.0 Å². The minimum Gasteiger partial charge on any atom is -0.508 e. The molecule has 1 heterocycles. The first-order chi connectivity index (χ1) is 11.1. The number of rotatable bonds is 4. The zero-order valence-corrected chi connectivity index (χ0v) is 12.3. The molecular weight excluding hydrogens is 296 g/mol. The van der Waals surface area contributed by atoms with E-state index in [1.807, 2.05) is 30.3 Å². The van der Waals surface area contributed by atoms with Gasteiger partial charge in [-0.1, -0.05) is 24.3 Å². The SMILES string of the molecule is CC(OC(=O)c1cccc(O)c1)c1nnc(-c2ccccc2)o1. The maximum Gasteiger partial charge on any atom is 0.339 e. The highest BCUT2D eigenvalue weighted by molar-refractivity contribution is 5.89. The van der Waals surface area contributed by atoms with Gasteiger partial charge in [-0.25, -0.2) is 4.79 Å². The van der Waals surface area contributed by atoms with E-state index < -0.39 is 12.1 Å². The molecule has 23 heavy (non-hydrogen) atoms. The van der Waals surface area contributed by atoms with Crippen LogP contribution in [0.1, 0.15) is 29.3 Å². The van der Waals surface area contributed by atoms with Gasteiger partial charge in [0.2, 0.25) is 5.89 Å². The quantitative estimate of drug-likeness (QED) is 0.744. The molecular formula is C17H14N2O4. The van der Waals surface area contributed by atoms with Gasteiger partial charge in [0, 0.05) is 5.56 Å². The van der Waals surface area contributed by atoms with E-state index in [4.69, 9.17) is 9.15 Å². The molecule has 0 spiro atoms. The molecule has 0 amide bonds. The van der Waals surface area contributed by atoms with E-state index in [0.717, 1.165) is 5.56 Å². The van der Waals surface area contributed by atoms with Gasteiger partial charge in [0.15, 0.2) is 6.10 Å². The largest absolute Gasteiger partial charge is 0.508 e. The molecule has 0 saturated carbocycles. The molecule has 0 aliphatic carbocycles. The predicted octanol–water partition coefficient (Wildman–Crippen LogP) is 3.36. The summed E-state index contributed by atoms with van der Waals surface area (Å²) >= 11 is 0. The lowest BCUT2D eigenvalue weighted by Gasteiger charge is -2.09. The highest BCUT2D eigenvalue weighted by atomic mass is 16.6. The van der Waals surface area contributed by atoms with Gasteiger partial charge in [-0.2, -0.15) is 0 Å². The number of ether oxygens (including phenoxy) is 1. The van der Waals surface area contributed by atoms with Crippen LogP contribution in [-0.4, -0.2) is 21.3 Å². The molecule has 116 valence electrons. The Morgan fingerprint density at radius 2 is 1.91 bits per heavy atom. The van der Waals surface area contributed by atoms with Crippen molar-refractivity contribution in [2.75, 3.05) is 0 Å². The summed E-state index contributed by atoms with van der Waals surface area (Å²) in [5.41, 5.74) is 1.04. The fourth-order valence-corrected chi connectivity index (χ4v) is 2.01. The van der Waals surface area contributed by atoms with Gasteiger partial charge >= 0.3 is 5.97 Å². The number of carbonyl (C=O) groups excluding carboxylic acids is 1. The summed E-state index contributed by atoms with van der Waals surface area (Å²) in [4.78, 5) is 12.0. The maximum absolute atomic E-state index is 12.0. The average Bonchev–Trinajstić information content (AvgIpc) is 3.06. The molecule has 0 aliphatic rings. The highest BCUT2D eigenvalue weighted by Crippen LogP contribution is 2.23. The second-order valence-electron chi connectivity index (χ2n) is 4.91. The molecule has 3 aromatic rings. The van der Waals surface area contributed by atoms with Gasteiger partial charge in [0.1, 0.15) is 5.75 Å². The summed E-state index contributed by atoms with van der Waals surface area (Å²) in [5, 5.41) is 17.3. The lowest BCUT2D eigenvalue weighted by Crippen LogP contribution is -2.09. The van der Waals surface area contributed by atoms with Crippen molar-refractivity contribution >= 4 is 5.97 Å². The zero-order chi connectivity index (χ0) is 16.2. The van der Waals surface area contributed by atoms with Crippen LogP contribution in [-0.2, 0) is 4.74 Å². The number of esters is 1. The Morgan fingerprint density at radius 3 is 2.65 bits per heavy atom. The van der Waals surface area contributed by atoms with E-state index in [1.165, 1.54) is 12.1 Å². The number of hydrogen-bond donors (Lipinski definition) is 1. The van der Waals surface area contributed by atoms with Crippen molar-refractivity contribution in [1.82, 2.24) is 10.2 Å². The van der Waals surface area contributed by atoms with Crippen LogP contribution < -0.4 is 0 Å². The molecule has 1 N–H and O–H groups in total. The Labute approximate surface area is 132 Å². The molecule has 1 atom stereocenters. The Bertz CT molecular complexity index is 814. The van der Waals surface area contributed by atoms with Crippen molar-refractivity contribution in [3.63, 3.8) is 0 Å². The molecule has 0 saturated heterocycles. The third-order valence-electron chi connectivity index (χ3n) is 3.17. The molecule has 0 bridgehead atoms. The Balaban J connectivity index is 1.73. The van der Waals surface area contributed by atoms with E-state index in [0.29, 0.717) is 5.89 Å². The molecule has 6 nitrogen and oxygen atoms in total. The maximum atomic E-state index is 12.0. The first kappa shape index (κ1) is 14.8.